The lowest BCUT2D eigenvalue weighted by molar-refractivity contribution is -0.124. The molecular weight excluding hydrogens is 330 g/mol. The molecule has 0 aliphatic carbocycles. The summed E-state index contributed by atoms with van der Waals surface area (Å²) in [6.45, 7) is 5.02. The second-order valence-corrected chi connectivity index (χ2v) is 6.63. The van der Waals surface area contributed by atoms with E-state index in [-0.39, 0.29) is 24.5 Å². The zero-order valence-corrected chi connectivity index (χ0v) is 14.9. The lowest BCUT2D eigenvalue weighted by Crippen LogP contribution is -2.50. The molecule has 3 rings (SSSR count). The Kier molecular flexibility index (Phi) is 5.13. The van der Waals surface area contributed by atoms with E-state index in [1.807, 2.05) is 19.9 Å². The number of carbonyl (C=O) groups excluding carboxylic acids is 1. The molecule has 1 amide bonds. The second-order valence-electron chi connectivity index (χ2n) is 6.26. The Morgan fingerprint density at radius 1 is 1.46 bits per heavy atom. The van der Waals surface area contributed by atoms with Gasteiger partial charge >= 0.3 is 0 Å². The number of hydrogen-bond acceptors (Lipinski definition) is 4. The van der Waals surface area contributed by atoms with Crippen molar-refractivity contribution in [3.05, 3.63) is 34.0 Å². The fourth-order valence-electron chi connectivity index (χ4n) is 3.30. The van der Waals surface area contributed by atoms with E-state index in [4.69, 9.17) is 25.5 Å². The lowest BCUT2D eigenvalue weighted by atomic mass is 10.0. The molecule has 1 aromatic heterocycles. The average Bonchev–Trinajstić information content (AvgIpc) is 2.95. The van der Waals surface area contributed by atoms with Crippen molar-refractivity contribution in [2.75, 3.05) is 20.3 Å². The van der Waals surface area contributed by atoms with Crippen molar-refractivity contribution in [3.63, 3.8) is 0 Å². The largest absolute Gasteiger partial charge is 0.464 e. The van der Waals surface area contributed by atoms with Crippen LogP contribution in [-0.4, -0.2) is 38.4 Å². The molecule has 1 aliphatic heterocycles. The zero-order valence-electron chi connectivity index (χ0n) is 14.1. The van der Waals surface area contributed by atoms with Crippen molar-refractivity contribution in [2.24, 2.45) is 0 Å². The van der Waals surface area contributed by atoms with Crippen molar-refractivity contribution >= 4 is 28.5 Å². The van der Waals surface area contributed by atoms with E-state index < -0.39 is 0 Å². The third-order valence-electron chi connectivity index (χ3n) is 4.59. The van der Waals surface area contributed by atoms with Gasteiger partial charge in [0.2, 0.25) is 5.91 Å². The van der Waals surface area contributed by atoms with Crippen LogP contribution in [0.1, 0.15) is 23.1 Å². The minimum absolute atomic E-state index is 0.0115. The molecule has 1 fully saturated rings. The molecular formula is C18H22ClNO4. The van der Waals surface area contributed by atoms with Gasteiger partial charge < -0.3 is 19.2 Å². The molecule has 130 valence electrons. The normalized spacial score (nSPS) is 21.2. The highest BCUT2D eigenvalue weighted by atomic mass is 35.5. The summed E-state index contributed by atoms with van der Waals surface area (Å²) in [6, 6.07) is 1.78. The lowest BCUT2D eigenvalue weighted by Gasteiger charge is -2.31. The van der Waals surface area contributed by atoms with Crippen LogP contribution in [0.4, 0.5) is 0 Å². The van der Waals surface area contributed by atoms with Gasteiger partial charge in [0.1, 0.15) is 5.58 Å². The molecule has 2 atom stereocenters. The highest BCUT2D eigenvalue weighted by Gasteiger charge is 2.27. The standard InChI is InChI=1S/C18H22ClNO4/c1-10-6-15-17(11(2)18(10)19)12(8-24-15)7-16(21)20-13-9-23-5-4-14(13)22-3/h6,8,13-14H,4-5,7,9H2,1-3H3,(H,20,21)/t13-,14-/m1/s1. The van der Waals surface area contributed by atoms with Crippen molar-refractivity contribution in [1.29, 1.82) is 0 Å². The smallest absolute Gasteiger partial charge is 0.224 e. The molecule has 1 aliphatic rings. The molecule has 1 N–H and O–H groups in total. The molecule has 6 heteroatoms. The van der Waals surface area contributed by atoms with E-state index in [0.29, 0.717) is 18.2 Å². The Balaban J connectivity index is 1.77. The summed E-state index contributed by atoms with van der Waals surface area (Å²) in [5, 5.41) is 4.64. The van der Waals surface area contributed by atoms with Crippen LogP contribution in [0.5, 0.6) is 0 Å². The molecule has 2 aromatic rings. The first-order chi connectivity index (χ1) is 11.5. The van der Waals surface area contributed by atoms with Gasteiger partial charge in [-0.05, 0) is 37.5 Å². The van der Waals surface area contributed by atoms with E-state index in [1.54, 1.807) is 13.4 Å². The van der Waals surface area contributed by atoms with Gasteiger partial charge in [0.05, 0.1) is 31.4 Å². The SMILES string of the molecule is CO[C@@H]1CCOC[C@H]1NC(=O)Cc1coc2cc(C)c(Cl)c(C)c12. The van der Waals surface area contributed by atoms with Crippen molar-refractivity contribution in [3.8, 4) is 0 Å². The molecule has 0 radical (unpaired) electrons. The van der Waals surface area contributed by atoms with Gasteiger partial charge in [0, 0.05) is 29.7 Å². The van der Waals surface area contributed by atoms with Gasteiger partial charge in [0.25, 0.3) is 0 Å². The maximum absolute atomic E-state index is 12.5. The van der Waals surface area contributed by atoms with Crippen LogP contribution in [0.15, 0.2) is 16.7 Å². The maximum atomic E-state index is 12.5. The number of carbonyl (C=O) groups is 1. The fraction of sp³-hybridized carbons (Fsp3) is 0.500. The molecule has 2 heterocycles. The van der Waals surface area contributed by atoms with Crippen LogP contribution in [0.25, 0.3) is 11.0 Å². The molecule has 5 nitrogen and oxygen atoms in total. The van der Waals surface area contributed by atoms with Gasteiger partial charge in [-0.15, -0.1) is 0 Å². The number of furan rings is 1. The number of methoxy groups -OCH3 is 1. The molecule has 1 aromatic carbocycles. The number of ether oxygens (including phenoxy) is 2. The predicted octanol–water partition coefficient (Wildman–Crippen LogP) is 3.17. The molecule has 24 heavy (non-hydrogen) atoms. The zero-order chi connectivity index (χ0) is 17.3. The second kappa shape index (κ2) is 7.13. The summed E-state index contributed by atoms with van der Waals surface area (Å²) in [6.07, 6.45) is 2.64. The molecule has 0 unspecified atom stereocenters. The number of nitrogens with one attached hydrogen (secondary N) is 1. The Hall–Kier alpha value is -1.56. The van der Waals surface area contributed by atoms with Crippen LogP contribution < -0.4 is 5.32 Å². The summed E-state index contributed by atoms with van der Waals surface area (Å²) in [5.74, 6) is -0.0775. The first-order valence-corrected chi connectivity index (χ1v) is 8.44. The Bertz CT molecular complexity index is 755. The van der Waals surface area contributed by atoms with E-state index >= 15 is 0 Å². The number of amides is 1. The van der Waals surface area contributed by atoms with E-state index in [9.17, 15) is 4.79 Å². The number of halogens is 1. The average molecular weight is 352 g/mol. The highest BCUT2D eigenvalue weighted by molar-refractivity contribution is 6.33. The van der Waals surface area contributed by atoms with Gasteiger partial charge in [-0.25, -0.2) is 0 Å². The first kappa shape index (κ1) is 17.3. The van der Waals surface area contributed by atoms with Gasteiger partial charge in [-0.2, -0.15) is 0 Å². The van der Waals surface area contributed by atoms with Gasteiger partial charge in [-0.1, -0.05) is 11.6 Å². The summed E-state index contributed by atoms with van der Waals surface area (Å²) < 4.78 is 16.5. The van der Waals surface area contributed by atoms with Crippen LogP contribution in [0.2, 0.25) is 5.02 Å². The molecule has 0 spiro atoms. The van der Waals surface area contributed by atoms with E-state index in [0.717, 1.165) is 34.1 Å². The van der Waals surface area contributed by atoms with Crippen LogP contribution in [-0.2, 0) is 20.7 Å². The van der Waals surface area contributed by atoms with E-state index in [2.05, 4.69) is 5.32 Å². The predicted molar refractivity (Wildman–Crippen MR) is 92.6 cm³/mol. The number of fused-ring (bicyclic) bond motifs is 1. The first-order valence-electron chi connectivity index (χ1n) is 8.07. The third kappa shape index (κ3) is 3.29. The van der Waals surface area contributed by atoms with Gasteiger partial charge in [-0.3, -0.25) is 4.79 Å². The van der Waals surface area contributed by atoms with Crippen molar-refractivity contribution in [2.45, 2.75) is 38.8 Å². The van der Waals surface area contributed by atoms with Crippen LogP contribution in [0, 0.1) is 13.8 Å². The monoisotopic (exact) mass is 351 g/mol. The Morgan fingerprint density at radius 3 is 3.00 bits per heavy atom. The number of rotatable bonds is 4. The topological polar surface area (TPSA) is 60.7 Å². The van der Waals surface area contributed by atoms with Crippen LogP contribution >= 0.6 is 11.6 Å². The summed E-state index contributed by atoms with van der Waals surface area (Å²) in [7, 11) is 1.66. The minimum atomic E-state index is -0.124. The minimum Gasteiger partial charge on any atom is -0.464 e. The Morgan fingerprint density at radius 2 is 2.25 bits per heavy atom. The maximum Gasteiger partial charge on any atom is 0.224 e. The molecule has 0 bridgehead atoms. The van der Waals surface area contributed by atoms with Crippen molar-refractivity contribution < 1.29 is 18.7 Å². The summed E-state index contributed by atoms with van der Waals surface area (Å²) in [5.41, 5.74) is 3.51. The van der Waals surface area contributed by atoms with Crippen LogP contribution in [0.3, 0.4) is 0 Å². The number of hydrogen-bond donors (Lipinski definition) is 1. The number of aryl methyl sites for hydroxylation is 2. The molecule has 0 saturated carbocycles. The molecule has 1 saturated heterocycles. The number of benzene rings is 1. The summed E-state index contributed by atoms with van der Waals surface area (Å²) in [4.78, 5) is 12.5. The van der Waals surface area contributed by atoms with Gasteiger partial charge in [0.15, 0.2) is 0 Å². The Labute approximate surface area is 146 Å². The van der Waals surface area contributed by atoms with E-state index in [1.165, 1.54) is 0 Å². The quantitative estimate of drug-likeness (QED) is 0.919. The third-order valence-corrected chi connectivity index (χ3v) is 5.17. The fourth-order valence-corrected chi connectivity index (χ4v) is 3.45. The van der Waals surface area contributed by atoms with Crippen molar-refractivity contribution in [1.82, 2.24) is 5.32 Å². The summed E-state index contributed by atoms with van der Waals surface area (Å²) >= 11 is 6.34. The highest BCUT2D eigenvalue weighted by Crippen LogP contribution is 2.32.